The van der Waals surface area contributed by atoms with Gasteiger partial charge >= 0.3 is 5.97 Å². The van der Waals surface area contributed by atoms with Crippen molar-refractivity contribution < 1.29 is 24.1 Å². The summed E-state index contributed by atoms with van der Waals surface area (Å²) in [4.78, 5) is 11.2. The molecular weight excluding hydrogens is 236 g/mol. The van der Waals surface area contributed by atoms with Crippen LogP contribution in [0.15, 0.2) is 18.2 Å². The van der Waals surface area contributed by atoms with Crippen molar-refractivity contribution >= 4 is 5.97 Å². The van der Waals surface area contributed by atoms with E-state index in [1.807, 2.05) is 0 Å². The van der Waals surface area contributed by atoms with Crippen LogP contribution in [-0.2, 0) is 9.53 Å². The van der Waals surface area contributed by atoms with E-state index < -0.39 is 6.10 Å². The van der Waals surface area contributed by atoms with Crippen LogP contribution in [0.3, 0.4) is 0 Å². The molecule has 0 saturated heterocycles. The van der Waals surface area contributed by atoms with Crippen LogP contribution in [0.2, 0.25) is 0 Å². The molecule has 2 atom stereocenters. The first-order valence-electron chi connectivity index (χ1n) is 5.76. The van der Waals surface area contributed by atoms with Gasteiger partial charge in [0.25, 0.3) is 0 Å². The quantitative estimate of drug-likeness (QED) is 0.825. The van der Waals surface area contributed by atoms with Crippen LogP contribution < -0.4 is 9.47 Å². The van der Waals surface area contributed by atoms with Crippen molar-refractivity contribution in [3.8, 4) is 11.5 Å². The van der Waals surface area contributed by atoms with Gasteiger partial charge < -0.3 is 19.3 Å². The monoisotopic (exact) mass is 252 g/mol. The summed E-state index contributed by atoms with van der Waals surface area (Å²) >= 11 is 0. The molecular formula is C13H16O5. The number of aliphatic hydroxyl groups is 1. The number of fused-ring (bicyclic) bond motifs is 1. The van der Waals surface area contributed by atoms with Crippen molar-refractivity contribution in [1.82, 2.24) is 0 Å². The van der Waals surface area contributed by atoms with E-state index >= 15 is 0 Å². The highest BCUT2D eigenvalue weighted by molar-refractivity contribution is 5.69. The fraction of sp³-hybridized carbons (Fsp3) is 0.462. The minimum absolute atomic E-state index is 0.173. The molecule has 5 nitrogen and oxygen atoms in total. The minimum atomic E-state index is -0.737. The Labute approximate surface area is 105 Å². The first-order valence-corrected chi connectivity index (χ1v) is 5.76. The highest BCUT2D eigenvalue weighted by Crippen LogP contribution is 2.36. The highest BCUT2D eigenvalue weighted by atomic mass is 16.7. The fourth-order valence-corrected chi connectivity index (χ4v) is 1.88. The Morgan fingerprint density at radius 2 is 2.17 bits per heavy atom. The summed E-state index contributed by atoms with van der Waals surface area (Å²) < 4.78 is 15.0. The van der Waals surface area contributed by atoms with Crippen LogP contribution in [0.5, 0.6) is 11.5 Å². The van der Waals surface area contributed by atoms with E-state index in [0.717, 1.165) is 0 Å². The number of ether oxygens (including phenoxy) is 3. The molecule has 0 fully saturated rings. The van der Waals surface area contributed by atoms with Crippen molar-refractivity contribution in [1.29, 1.82) is 0 Å². The standard InChI is InChI=1S/C13H16O5/c1-8(5-12(14)16-2)13(15)9-3-4-10-11(6-9)18-7-17-10/h3-4,6,8,13,15H,5,7H2,1-2H3. The third-order valence-corrected chi connectivity index (χ3v) is 2.99. The SMILES string of the molecule is COC(=O)CC(C)C(O)c1ccc2c(c1)OCO2. The van der Waals surface area contributed by atoms with Crippen LogP contribution in [-0.4, -0.2) is 25.0 Å². The van der Waals surface area contributed by atoms with Gasteiger partial charge in [-0.1, -0.05) is 13.0 Å². The summed E-state index contributed by atoms with van der Waals surface area (Å²) in [6.45, 7) is 2.00. The third-order valence-electron chi connectivity index (χ3n) is 2.99. The van der Waals surface area contributed by atoms with E-state index in [0.29, 0.717) is 17.1 Å². The molecule has 1 aliphatic heterocycles. The summed E-state index contributed by atoms with van der Waals surface area (Å²) in [5, 5.41) is 10.2. The van der Waals surface area contributed by atoms with E-state index in [1.165, 1.54) is 7.11 Å². The van der Waals surface area contributed by atoms with Crippen molar-refractivity contribution in [2.75, 3.05) is 13.9 Å². The maximum atomic E-state index is 11.2. The Bertz CT molecular complexity index is 443. The number of hydrogen-bond donors (Lipinski definition) is 1. The molecule has 0 bridgehead atoms. The molecule has 5 heteroatoms. The Kier molecular flexibility index (Phi) is 3.72. The van der Waals surface area contributed by atoms with Gasteiger partial charge in [-0.05, 0) is 23.6 Å². The van der Waals surface area contributed by atoms with Gasteiger partial charge in [-0.2, -0.15) is 0 Å². The molecule has 2 rings (SSSR count). The molecule has 18 heavy (non-hydrogen) atoms. The highest BCUT2D eigenvalue weighted by Gasteiger charge is 2.22. The van der Waals surface area contributed by atoms with Crippen LogP contribution in [0.4, 0.5) is 0 Å². The van der Waals surface area contributed by atoms with Gasteiger partial charge in [0.15, 0.2) is 11.5 Å². The van der Waals surface area contributed by atoms with Crippen LogP contribution in [0.1, 0.15) is 25.0 Å². The van der Waals surface area contributed by atoms with Crippen LogP contribution in [0, 0.1) is 5.92 Å². The maximum absolute atomic E-state index is 11.2. The van der Waals surface area contributed by atoms with E-state index in [9.17, 15) is 9.90 Å². The van der Waals surface area contributed by atoms with Gasteiger partial charge in [-0.3, -0.25) is 4.79 Å². The maximum Gasteiger partial charge on any atom is 0.305 e. The Balaban J connectivity index is 2.08. The third kappa shape index (κ3) is 2.56. The Morgan fingerprint density at radius 1 is 1.44 bits per heavy atom. The van der Waals surface area contributed by atoms with Gasteiger partial charge in [-0.15, -0.1) is 0 Å². The Morgan fingerprint density at radius 3 is 2.89 bits per heavy atom. The number of carbonyl (C=O) groups excluding carboxylic acids is 1. The summed E-state index contributed by atoms with van der Waals surface area (Å²) in [5.74, 6) is 0.739. The largest absolute Gasteiger partial charge is 0.469 e. The smallest absolute Gasteiger partial charge is 0.305 e. The van der Waals surface area contributed by atoms with E-state index in [4.69, 9.17) is 9.47 Å². The summed E-state index contributed by atoms with van der Waals surface area (Å²) in [5.41, 5.74) is 0.704. The lowest BCUT2D eigenvalue weighted by Gasteiger charge is -2.18. The number of aliphatic hydroxyl groups excluding tert-OH is 1. The predicted octanol–water partition coefficient (Wildman–Crippen LogP) is 1.65. The first kappa shape index (κ1) is 12.7. The average molecular weight is 252 g/mol. The molecule has 1 heterocycles. The lowest BCUT2D eigenvalue weighted by molar-refractivity contribution is -0.142. The number of esters is 1. The first-order chi connectivity index (χ1) is 8.61. The zero-order chi connectivity index (χ0) is 13.1. The zero-order valence-corrected chi connectivity index (χ0v) is 10.4. The molecule has 0 saturated carbocycles. The van der Waals surface area contributed by atoms with Gasteiger partial charge in [-0.25, -0.2) is 0 Å². The lowest BCUT2D eigenvalue weighted by atomic mass is 9.94. The molecule has 98 valence electrons. The average Bonchev–Trinajstić information content (AvgIpc) is 2.84. The summed E-state index contributed by atoms with van der Waals surface area (Å²) in [7, 11) is 1.34. The van der Waals surface area contributed by atoms with Crippen LogP contribution >= 0.6 is 0 Å². The number of rotatable bonds is 4. The van der Waals surface area contributed by atoms with Crippen molar-refractivity contribution in [2.24, 2.45) is 5.92 Å². The van der Waals surface area contributed by atoms with Gasteiger partial charge in [0.2, 0.25) is 6.79 Å². The van der Waals surface area contributed by atoms with Gasteiger partial charge in [0.1, 0.15) is 0 Å². The van der Waals surface area contributed by atoms with Crippen molar-refractivity contribution in [3.05, 3.63) is 23.8 Å². The normalized spacial score (nSPS) is 16.2. The fourth-order valence-electron chi connectivity index (χ4n) is 1.88. The molecule has 0 amide bonds. The Hall–Kier alpha value is -1.75. The number of carbonyl (C=O) groups is 1. The van der Waals surface area contributed by atoms with Gasteiger partial charge in [0, 0.05) is 0 Å². The molecule has 1 aromatic rings. The molecule has 1 aromatic carbocycles. The molecule has 0 spiro atoms. The number of hydrogen-bond acceptors (Lipinski definition) is 5. The molecule has 2 unspecified atom stereocenters. The number of benzene rings is 1. The molecule has 0 radical (unpaired) electrons. The second-order valence-corrected chi connectivity index (χ2v) is 4.32. The molecule has 0 aromatic heterocycles. The lowest BCUT2D eigenvalue weighted by Crippen LogP contribution is -2.14. The van der Waals surface area contributed by atoms with E-state index in [1.54, 1.807) is 25.1 Å². The number of methoxy groups -OCH3 is 1. The summed E-state index contributed by atoms with van der Waals surface area (Å²) in [6, 6.07) is 5.26. The van der Waals surface area contributed by atoms with E-state index in [2.05, 4.69) is 4.74 Å². The van der Waals surface area contributed by atoms with E-state index in [-0.39, 0.29) is 25.1 Å². The second kappa shape index (κ2) is 5.27. The summed E-state index contributed by atoms with van der Waals surface area (Å²) in [6.07, 6.45) is -0.565. The second-order valence-electron chi connectivity index (χ2n) is 4.32. The molecule has 0 aliphatic carbocycles. The topological polar surface area (TPSA) is 65.0 Å². The minimum Gasteiger partial charge on any atom is -0.469 e. The molecule has 1 aliphatic rings. The molecule has 1 N–H and O–H groups in total. The van der Waals surface area contributed by atoms with Gasteiger partial charge in [0.05, 0.1) is 19.6 Å². The van der Waals surface area contributed by atoms with Crippen molar-refractivity contribution in [3.63, 3.8) is 0 Å². The predicted molar refractivity (Wildman–Crippen MR) is 63.3 cm³/mol. The van der Waals surface area contributed by atoms with Crippen LogP contribution in [0.25, 0.3) is 0 Å². The zero-order valence-electron chi connectivity index (χ0n) is 10.4. The van der Waals surface area contributed by atoms with Crippen molar-refractivity contribution in [2.45, 2.75) is 19.4 Å².